The van der Waals surface area contributed by atoms with Crippen molar-refractivity contribution < 1.29 is 4.79 Å². The van der Waals surface area contributed by atoms with Gasteiger partial charge >= 0.3 is 0 Å². The summed E-state index contributed by atoms with van der Waals surface area (Å²) in [5.74, 6) is 0.691. The van der Waals surface area contributed by atoms with Crippen molar-refractivity contribution in [1.29, 1.82) is 0 Å². The molecule has 0 radical (unpaired) electrons. The van der Waals surface area contributed by atoms with Crippen molar-refractivity contribution >= 4 is 5.91 Å². The van der Waals surface area contributed by atoms with Crippen LogP contribution in [0.2, 0.25) is 0 Å². The third-order valence-electron chi connectivity index (χ3n) is 5.68. The van der Waals surface area contributed by atoms with Crippen molar-refractivity contribution in [3.8, 4) is 0 Å². The molecule has 0 aromatic carbocycles. The number of carbonyl (C=O) groups excluding carboxylic acids is 1. The van der Waals surface area contributed by atoms with Crippen molar-refractivity contribution in [3.63, 3.8) is 0 Å². The second-order valence-electron chi connectivity index (χ2n) is 7.36. The van der Waals surface area contributed by atoms with Gasteiger partial charge < -0.3 is 14.4 Å². The molecule has 2 saturated heterocycles. The maximum atomic E-state index is 12.6. The second-order valence-corrected chi connectivity index (χ2v) is 7.36. The van der Waals surface area contributed by atoms with Crippen LogP contribution in [0, 0.1) is 0 Å². The fourth-order valence-corrected chi connectivity index (χ4v) is 3.97. The molecule has 5 heteroatoms. The van der Waals surface area contributed by atoms with Crippen LogP contribution in [-0.2, 0) is 11.8 Å². The first-order chi connectivity index (χ1) is 11.5. The van der Waals surface area contributed by atoms with Crippen LogP contribution in [0.4, 0.5) is 0 Å². The summed E-state index contributed by atoms with van der Waals surface area (Å²) >= 11 is 0. The SMILES string of the molecule is CC(CC(=O)N1CCC(c2ccn(C)c(=O)c2)CC1)N1CCCC1. The molecule has 0 spiro atoms. The van der Waals surface area contributed by atoms with E-state index in [1.807, 2.05) is 17.2 Å². The smallest absolute Gasteiger partial charge is 0.250 e. The maximum absolute atomic E-state index is 12.6. The van der Waals surface area contributed by atoms with Gasteiger partial charge in [-0.1, -0.05) is 0 Å². The molecule has 2 aliphatic rings. The number of nitrogens with zero attached hydrogens (tertiary/aromatic N) is 3. The maximum Gasteiger partial charge on any atom is 0.250 e. The third kappa shape index (κ3) is 3.89. The predicted molar refractivity (Wildman–Crippen MR) is 95.1 cm³/mol. The van der Waals surface area contributed by atoms with E-state index in [4.69, 9.17) is 0 Å². The Bertz CT molecular complexity index is 626. The molecule has 1 unspecified atom stereocenters. The van der Waals surface area contributed by atoms with Gasteiger partial charge in [-0.3, -0.25) is 9.59 Å². The topological polar surface area (TPSA) is 45.6 Å². The molecule has 0 bridgehead atoms. The Labute approximate surface area is 144 Å². The number of amides is 1. The number of likely N-dealkylation sites (tertiary alicyclic amines) is 2. The average Bonchev–Trinajstić information content (AvgIpc) is 3.12. The van der Waals surface area contributed by atoms with E-state index < -0.39 is 0 Å². The normalized spacial score (nSPS) is 21.2. The molecule has 5 nitrogen and oxygen atoms in total. The number of piperidine rings is 1. The summed E-state index contributed by atoms with van der Waals surface area (Å²) in [6, 6.07) is 4.14. The van der Waals surface area contributed by atoms with E-state index in [1.165, 1.54) is 12.8 Å². The first-order valence-corrected chi connectivity index (χ1v) is 9.23. The molecule has 24 heavy (non-hydrogen) atoms. The highest BCUT2D eigenvalue weighted by Crippen LogP contribution is 2.27. The van der Waals surface area contributed by atoms with Gasteiger partial charge in [0.2, 0.25) is 5.91 Å². The fourth-order valence-electron chi connectivity index (χ4n) is 3.97. The highest BCUT2D eigenvalue weighted by molar-refractivity contribution is 5.76. The van der Waals surface area contributed by atoms with E-state index >= 15 is 0 Å². The van der Waals surface area contributed by atoms with Crippen molar-refractivity contribution in [2.24, 2.45) is 7.05 Å². The number of hydrogen-bond acceptors (Lipinski definition) is 3. The van der Waals surface area contributed by atoms with Gasteiger partial charge in [0.1, 0.15) is 0 Å². The summed E-state index contributed by atoms with van der Waals surface area (Å²) in [7, 11) is 1.77. The molecule has 1 aromatic rings. The minimum atomic E-state index is 0.0467. The lowest BCUT2D eigenvalue weighted by Gasteiger charge is -2.34. The van der Waals surface area contributed by atoms with E-state index in [1.54, 1.807) is 17.7 Å². The molecular formula is C19H29N3O2. The van der Waals surface area contributed by atoms with Gasteiger partial charge in [-0.25, -0.2) is 0 Å². The van der Waals surface area contributed by atoms with E-state index in [0.29, 0.717) is 18.4 Å². The Morgan fingerprint density at radius 2 is 1.88 bits per heavy atom. The zero-order valence-corrected chi connectivity index (χ0v) is 14.9. The summed E-state index contributed by atoms with van der Waals surface area (Å²) in [6.07, 6.45) is 6.92. The number of carbonyl (C=O) groups is 1. The third-order valence-corrected chi connectivity index (χ3v) is 5.68. The van der Waals surface area contributed by atoms with Crippen molar-refractivity contribution in [3.05, 3.63) is 34.2 Å². The minimum absolute atomic E-state index is 0.0467. The molecule has 0 saturated carbocycles. The number of rotatable bonds is 4. The Balaban J connectivity index is 1.51. The summed E-state index contributed by atoms with van der Waals surface area (Å²) < 4.78 is 1.60. The van der Waals surface area contributed by atoms with Gasteiger partial charge in [-0.15, -0.1) is 0 Å². The standard InChI is InChI=1S/C19H29N3O2/c1-15(21-8-3-4-9-21)13-19(24)22-11-6-16(7-12-22)17-5-10-20(2)18(23)14-17/h5,10,14-16H,3-4,6-9,11-13H2,1-2H3. The molecule has 1 atom stereocenters. The lowest BCUT2D eigenvalue weighted by atomic mass is 9.90. The Kier molecular flexibility index (Phi) is 5.39. The van der Waals surface area contributed by atoms with Crippen LogP contribution in [-0.4, -0.2) is 52.5 Å². The van der Waals surface area contributed by atoms with Crippen LogP contribution in [0.5, 0.6) is 0 Å². The molecule has 0 aliphatic carbocycles. The van der Waals surface area contributed by atoms with Crippen LogP contribution in [0.1, 0.15) is 50.5 Å². The first kappa shape index (κ1) is 17.2. The van der Waals surface area contributed by atoms with Gasteiger partial charge in [0.05, 0.1) is 0 Å². The highest BCUT2D eigenvalue weighted by atomic mass is 16.2. The van der Waals surface area contributed by atoms with Crippen molar-refractivity contribution in [2.75, 3.05) is 26.2 Å². The molecule has 3 rings (SSSR count). The lowest BCUT2D eigenvalue weighted by Crippen LogP contribution is -2.41. The Morgan fingerprint density at radius 3 is 2.50 bits per heavy atom. The van der Waals surface area contributed by atoms with Crippen molar-refractivity contribution in [1.82, 2.24) is 14.4 Å². The zero-order chi connectivity index (χ0) is 17.1. The molecule has 0 N–H and O–H groups in total. The highest BCUT2D eigenvalue weighted by Gasteiger charge is 2.27. The molecule has 1 amide bonds. The van der Waals surface area contributed by atoms with E-state index in [0.717, 1.165) is 44.6 Å². The zero-order valence-electron chi connectivity index (χ0n) is 14.9. The summed E-state index contributed by atoms with van der Waals surface area (Å²) in [4.78, 5) is 28.8. The number of pyridine rings is 1. The minimum Gasteiger partial charge on any atom is -0.343 e. The van der Waals surface area contributed by atoms with E-state index in [-0.39, 0.29) is 11.5 Å². The van der Waals surface area contributed by atoms with Gasteiger partial charge in [0.15, 0.2) is 0 Å². The van der Waals surface area contributed by atoms with Crippen LogP contribution in [0.3, 0.4) is 0 Å². The molecule has 3 heterocycles. The average molecular weight is 331 g/mol. The number of hydrogen-bond donors (Lipinski definition) is 0. The van der Waals surface area contributed by atoms with Crippen LogP contribution < -0.4 is 5.56 Å². The molecule has 2 fully saturated rings. The molecular weight excluding hydrogens is 302 g/mol. The largest absolute Gasteiger partial charge is 0.343 e. The van der Waals surface area contributed by atoms with E-state index in [9.17, 15) is 9.59 Å². The van der Waals surface area contributed by atoms with Crippen LogP contribution in [0.15, 0.2) is 23.1 Å². The quantitative estimate of drug-likeness (QED) is 0.847. The van der Waals surface area contributed by atoms with Gasteiger partial charge in [-0.2, -0.15) is 0 Å². The second kappa shape index (κ2) is 7.51. The lowest BCUT2D eigenvalue weighted by molar-refractivity contribution is -0.133. The molecule has 2 aliphatic heterocycles. The first-order valence-electron chi connectivity index (χ1n) is 9.23. The van der Waals surface area contributed by atoms with Gasteiger partial charge in [0, 0.05) is 44.9 Å². The van der Waals surface area contributed by atoms with E-state index in [2.05, 4.69) is 11.8 Å². The summed E-state index contributed by atoms with van der Waals surface area (Å²) in [5, 5.41) is 0. The van der Waals surface area contributed by atoms with Crippen LogP contribution >= 0.6 is 0 Å². The Morgan fingerprint density at radius 1 is 1.21 bits per heavy atom. The summed E-state index contributed by atoms with van der Waals surface area (Å²) in [6.45, 7) is 6.07. The summed E-state index contributed by atoms with van der Waals surface area (Å²) in [5.41, 5.74) is 1.17. The van der Waals surface area contributed by atoms with Gasteiger partial charge in [-0.05, 0) is 63.2 Å². The number of aromatic nitrogens is 1. The predicted octanol–water partition coefficient (Wildman–Crippen LogP) is 1.97. The molecule has 132 valence electrons. The fraction of sp³-hybridized carbons (Fsp3) is 0.684. The number of aryl methyl sites for hydroxylation is 1. The Hall–Kier alpha value is -1.62. The monoisotopic (exact) mass is 331 g/mol. The van der Waals surface area contributed by atoms with Crippen molar-refractivity contribution in [2.45, 2.75) is 51.0 Å². The van der Waals surface area contributed by atoms with Gasteiger partial charge in [0.25, 0.3) is 5.56 Å². The molecule has 1 aromatic heterocycles. The van der Waals surface area contributed by atoms with Crippen LogP contribution in [0.25, 0.3) is 0 Å².